The number of hydrogen-bond donors (Lipinski definition) is 1. The smallest absolute Gasteiger partial charge is 0.183 e. The van der Waals surface area contributed by atoms with Gasteiger partial charge < -0.3 is 5.32 Å². The van der Waals surface area contributed by atoms with Crippen LogP contribution in [0.25, 0.3) is 0 Å². The molecular weight excluding hydrogens is 288 g/mol. The molecule has 0 radical (unpaired) electrons. The highest BCUT2D eigenvalue weighted by Crippen LogP contribution is 2.32. The number of rotatable bonds is 4. The van der Waals surface area contributed by atoms with Crippen molar-refractivity contribution in [3.8, 4) is 0 Å². The molecule has 0 saturated carbocycles. The van der Waals surface area contributed by atoms with E-state index >= 15 is 0 Å². The van der Waals surface area contributed by atoms with Crippen LogP contribution in [0.15, 0.2) is 18.2 Å². The summed E-state index contributed by atoms with van der Waals surface area (Å²) in [6, 6.07) is 4.79. The van der Waals surface area contributed by atoms with Crippen LogP contribution in [-0.4, -0.2) is 24.0 Å². The van der Waals surface area contributed by atoms with Gasteiger partial charge >= 0.3 is 0 Å². The summed E-state index contributed by atoms with van der Waals surface area (Å²) in [5.41, 5.74) is -0.324. The van der Waals surface area contributed by atoms with Crippen LogP contribution in [0.2, 0.25) is 10.0 Å². The van der Waals surface area contributed by atoms with E-state index in [2.05, 4.69) is 5.32 Å². The van der Waals surface area contributed by atoms with Crippen molar-refractivity contribution >= 4 is 29.0 Å². The van der Waals surface area contributed by atoms with E-state index in [-0.39, 0.29) is 18.7 Å². The molecule has 5 heteroatoms. The van der Waals surface area contributed by atoms with Gasteiger partial charge in [-0.25, -0.2) is 4.39 Å². The van der Waals surface area contributed by atoms with Gasteiger partial charge in [0.2, 0.25) is 0 Å². The Morgan fingerprint density at radius 3 is 2.74 bits per heavy atom. The highest BCUT2D eigenvalue weighted by atomic mass is 35.5. The Kier molecular flexibility index (Phi) is 4.49. The first-order chi connectivity index (χ1) is 8.98. The number of halogens is 3. The lowest BCUT2D eigenvalue weighted by Crippen LogP contribution is -2.47. The Balaban J connectivity index is 2.32. The third-order valence-electron chi connectivity index (χ3n) is 3.53. The fraction of sp³-hybridized carbons (Fsp3) is 0.500. The molecule has 0 spiro atoms. The van der Waals surface area contributed by atoms with Crippen LogP contribution in [0, 0.1) is 0 Å². The highest BCUT2D eigenvalue weighted by molar-refractivity contribution is 6.42. The van der Waals surface area contributed by atoms with Gasteiger partial charge in [0.1, 0.15) is 6.17 Å². The molecule has 2 nitrogen and oxygen atoms in total. The SMILES string of the molecule is CCCC1(C(=O)c2ccc(Cl)c(Cl)c2)C[C@@H](F)CN1. The lowest BCUT2D eigenvalue weighted by molar-refractivity contribution is 0.0850. The van der Waals surface area contributed by atoms with Gasteiger partial charge in [0.15, 0.2) is 5.78 Å². The topological polar surface area (TPSA) is 29.1 Å². The number of alkyl halides is 1. The second-order valence-electron chi connectivity index (χ2n) is 4.97. The summed E-state index contributed by atoms with van der Waals surface area (Å²) in [5, 5.41) is 3.80. The predicted octanol–water partition coefficient (Wildman–Crippen LogP) is 4.05. The second-order valence-corrected chi connectivity index (χ2v) is 5.79. The van der Waals surface area contributed by atoms with Gasteiger partial charge in [-0.2, -0.15) is 0 Å². The first kappa shape index (κ1) is 14.8. The summed E-state index contributed by atoms with van der Waals surface area (Å²) in [6.45, 7) is 2.21. The average Bonchev–Trinajstić information content (AvgIpc) is 2.75. The number of benzene rings is 1. The molecule has 1 aromatic carbocycles. The van der Waals surface area contributed by atoms with Gasteiger partial charge in [-0.1, -0.05) is 36.5 Å². The molecule has 0 aromatic heterocycles. The van der Waals surface area contributed by atoms with Crippen LogP contribution in [0.3, 0.4) is 0 Å². The predicted molar refractivity (Wildman–Crippen MR) is 75.9 cm³/mol. The van der Waals surface area contributed by atoms with Crippen LogP contribution in [0.4, 0.5) is 4.39 Å². The first-order valence-electron chi connectivity index (χ1n) is 6.37. The van der Waals surface area contributed by atoms with Crippen molar-refractivity contribution < 1.29 is 9.18 Å². The fourth-order valence-corrected chi connectivity index (χ4v) is 2.94. The molecule has 0 amide bonds. The number of nitrogens with one attached hydrogen (secondary N) is 1. The number of ketones is 1. The number of carbonyl (C=O) groups is 1. The molecule has 1 fully saturated rings. The van der Waals surface area contributed by atoms with E-state index in [9.17, 15) is 9.18 Å². The monoisotopic (exact) mass is 303 g/mol. The van der Waals surface area contributed by atoms with Crippen molar-refractivity contribution in [1.29, 1.82) is 0 Å². The Bertz CT molecular complexity index is 490. The van der Waals surface area contributed by atoms with E-state index in [0.29, 0.717) is 22.0 Å². The molecule has 1 heterocycles. The number of hydrogen-bond acceptors (Lipinski definition) is 2. The Morgan fingerprint density at radius 2 is 2.21 bits per heavy atom. The quantitative estimate of drug-likeness (QED) is 0.850. The molecule has 2 atom stereocenters. The molecule has 1 aromatic rings. The van der Waals surface area contributed by atoms with Crippen molar-refractivity contribution in [2.45, 2.75) is 37.9 Å². The van der Waals surface area contributed by atoms with Crippen molar-refractivity contribution in [3.63, 3.8) is 0 Å². The summed E-state index contributed by atoms with van der Waals surface area (Å²) in [6.07, 6.45) is 0.678. The summed E-state index contributed by atoms with van der Waals surface area (Å²) < 4.78 is 13.5. The van der Waals surface area contributed by atoms with Crippen molar-refractivity contribution in [3.05, 3.63) is 33.8 Å². The maximum Gasteiger partial charge on any atom is 0.183 e. The van der Waals surface area contributed by atoms with Crippen molar-refractivity contribution in [2.24, 2.45) is 0 Å². The molecule has 1 aliphatic rings. The zero-order valence-corrected chi connectivity index (χ0v) is 12.2. The molecule has 104 valence electrons. The van der Waals surface area contributed by atoms with E-state index in [0.717, 1.165) is 6.42 Å². The van der Waals surface area contributed by atoms with E-state index in [1.165, 1.54) is 0 Å². The summed E-state index contributed by atoms with van der Waals surface area (Å²) in [7, 11) is 0. The second kappa shape index (κ2) is 5.78. The van der Waals surface area contributed by atoms with E-state index < -0.39 is 11.7 Å². The molecule has 0 bridgehead atoms. The summed E-state index contributed by atoms with van der Waals surface area (Å²) in [4.78, 5) is 12.6. The molecule has 2 rings (SSSR count). The maximum absolute atomic E-state index is 13.5. The number of carbonyl (C=O) groups excluding carboxylic acids is 1. The Morgan fingerprint density at radius 1 is 1.47 bits per heavy atom. The van der Waals surface area contributed by atoms with Crippen LogP contribution < -0.4 is 5.32 Å². The van der Waals surface area contributed by atoms with Gasteiger partial charge in [0, 0.05) is 18.5 Å². The Hall–Kier alpha value is -0.640. The van der Waals surface area contributed by atoms with Crippen LogP contribution in [0.1, 0.15) is 36.5 Å². The first-order valence-corrected chi connectivity index (χ1v) is 7.13. The number of Topliss-reactive ketones (excluding diaryl/α,β-unsaturated/α-hetero) is 1. The molecule has 1 aliphatic heterocycles. The zero-order valence-electron chi connectivity index (χ0n) is 10.7. The van der Waals surface area contributed by atoms with Crippen LogP contribution in [-0.2, 0) is 0 Å². The Labute approximate surface area is 122 Å². The molecule has 1 unspecified atom stereocenters. The third kappa shape index (κ3) is 2.93. The van der Waals surface area contributed by atoms with E-state index in [1.54, 1.807) is 18.2 Å². The third-order valence-corrected chi connectivity index (χ3v) is 4.26. The van der Waals surface area contributed by atoms with Crippen molar-refractivity contribution in [2.75, 3.05) is 6.54 Å². The lowest BCUT2D eigenvalue weighted by atomic mass is 9.83. The van der Waals surface area contributed by atoms with Crippen molar-refractivity contribution in [1.82, 2.24) is 5.32 Å². The highest BCUT2D eigenvalue weighted by Gasteiger charge is 2.44. The van der Waals surface area contributed by atoms with Crippen LogP contribution >= 0.6 is 23.2 Å². The summed E-state index contributed by atoms with van der Waals surface area (Å²) in [5.74, 6) is -0.104. The zero-order chi connectivity index (χ0) is 14.0. The standard InChI is InChI=1S/C14H16Cl2FNO/c1-2-5-14(7-10(17)8-18-14)13(19)9-3-4-11(15)12(16)6-9/h3-4,6,10,18H,2,5,7-8H2,1H3/t10-,14?/m1/s1. The van der Waals surface area contributed by atoms with Gasteiger partial charge in [-0.05, 0) is 24.6 Å². The molecule has 1 N–H and O–H groups in total. The van der Waals surface area contributed by atoms with E-state index in [4.69, 9.17) is 23.2 Å². The minimum Gasteiger partial charge on any atom is -0.302 e. The van der Waals surface area contributed by atoms with Gasteiger partial charge in [-0.15, -0.1) is 0 Å². The van der Waals surface area contributed by atoms with E-state index in [1.807, 2.05) is 6.92 Å². The van der Waals surface area contributed by atoms with Gasteiger partial charge in [0.25, 0.3) is 0 Å². The minimum absolute atomic E-state index is 0.104. The lowest BCUT2D eigenvalue weighted by Gasteiger charge is -2.27. The largest absolute Gasteiger partial charge is 0.302 e. The fourth-order valence-electron chi connectivity index (χ4n) is 2.65. The average molecular weight is 304 g/mol. The van der Waals surface area contributed by atoms with Crippen LogP contribution in [0.5, 0.6) is 0 Å². The molecular formula is C14H16Cl2FNO. The van der Waals surface area contributed by atoms with Gasteiger partial charge in [0.05, 0.1) is 15.6 Å². The molecule has 0 aliphatic carbocycles. The summed E-state index contributed by atoms with van der Waals surface area (Å²) >= 11 is 11.8. The maximum atomic E-state index is 13.5. The minimum atomic E-state index is -0.974. The normalized spacial score (nSPS) is 26.6. The molecule has 1 saturated heterocycles. The molecule has 19 heavy (non-hydrogen) atoms. The van der Waals surface area contributed by atoms with Gasteiger partial charge in [-0.3, -0.25) is 4.79 Å².